The second kappa shape index (κ2) is 6.55. The van der Waals surface area contributed by atoms with E-state index in [2.05, 4.69) is 15.9 Å². The lowest BCUT2D eigenvalue weighted by molar-refractivity contribution is -0.137. The van der Waals surface area contributed by atoms with Gasteiger partial charge in [0.05, 0.1) is 26.3 Å². The van der Waals surface area contributed by atoms with Gasteiger partial charge in [-0.1, -0.05) is 11.6 Å². The van der Waals surface area contributed by atoms with Gasteiger partial charge in [-0.15, -0.1) is 0 Å². The molecule has 1 heterocycles. The van der Waals surface area contributed by atoms with E-state index in [1.165, 1.54) is 12.1 Å². The molecule has 136 valence electrons. The molecule has 0 aliphatic heterocycles. The number of nitrogens with one attached hydrogen (secondary N) is 1. The van der Waals surface area contributed by atoms with Gasteiger partial charge in [0.15, 0.2) is 11.4 Å². The summed E-state index contributed by atoms with van der Waals surface area (Å²) in [6.45, 7) is 0. The molecule has 0 fully saturated rings. The van der Waals surface area contributed by atoms with Crippen LogP contribution >= 0.6 is 27.5 Å². The number of amides is 1. The summed E-state index contributed by atoms with van der Waals surface area (Å²) in [5.41, 5.74) is -2.42. The monoisotopic (exact) mass is 453 g/mol. The van der Waals surface area contributed by atoms with Crippen LogP contribution in [0.1, 0.15) is 15.9 Å². The summed E-state index contributed by atoms with van der Waals surface area (Å²) >= 11 is 8.35. The zero-order valence-corrected chi connectivity index (χ0v) is 14.7. The summed E-state index contributed by atoms with van der Waals surface area (Å²) < 4.78 is 71.5. The highest BCUT2D eigenvalue weighted by molar-refractivity contribution is 9.10. The van der Waals surface area contributed by atoms with Gasteiger partial charge in [0.25, 0.3) is 5.91 Å². The van der Waals surface area contributed by atoms with E-state index in [9.17, 15) is 26.7 Å². The lowest BCUT2D eigenvalue weighted by Crippen LogP contribution is -2.14. The van der Waals surface area contributed by atoms with Crippen molar-refractivity contribution in [1.29, 1.82) is 0 Å². The summed E-state index contributed by atoms with van der Waals surface area (Å²) in [6, 6.07) is 3.54. The minimum atomic E-state index is -4.83. The van der Waals surface area contributed by atoms with Gasteiger partial charge in [0, 0.05) is 5.39 Å². The molecule has 0 spiro atoms. The van der Waals surface area contributed by atoms with Crippen molar-refractivity contribution < 1.29 is 31.2 Å². The lowest BCUT2D eigenvalue weighted by atomic mass is 10.1. The molecular weight excluding hydrogens is 449 g/mol. The second-order valence-corrected chi connectivity index (χ2v) is 6.41. The van der Waals surface area contributed by atoms with E-state index < -0.39 is 40.0 Å². The Morgan fingerprint density at radius 2 is 1.88 bits per heavy atom. The zero-order chi connectivity index (χ0) is 19.2. The molecule has 1 amide bonds. The van der Waals surface area contributed by atoms with Crippen LogP contribution in [0.4, 0.5) is 27.6 Å². The quantitative estimate of drug-likeness (QED) is 0.456. The van der Waals surface area contributed by atoms with Crippen molar-refractivity contribution in [2.45, 2.75) is 6.18 Å². The van der Waals surface area contributed by atoms with Crippen LogP contribution in [0.25, 0.3) is 11.0 Å². The van der Waals surface area contributed by atoms with E-state index in [0.29, 0.717) is 12.1 Å². The molecular formula is C16H6BrClF5NO2. The first-order chi connectivity index (χ1) is 12.1. The molecule has 3 rings (SSSR count). The molecule has 1 aromatic heterocycles. The van der Waals surface area contributed by atoms with Crippen molar-refractivity contribution in [1.82, 2.24) is 0 Å². The lowest BCUT2D eigenvalue weighted by Gasteiger charge is -2.12. The van der Waals surface area contributed by atoms with Gasteiger partial charge in [-0.3, -0.25) is 4.79 Å². The van der Waals surface area contributed by atoms with Crippen molar-refractivity contribution in [3.8, 4) is 0 Å². The van der Waals surface area contributed by atoms with E-state index in [-0.39, 0.29) is 21.0 Å². The van der Waals surface area contributed by atoms with Crippen LogP contribution in [0.15, 0.2) is 39.4 Å². The third-order valence-electron chi connectivity index (χ3n) is 3.49. The van der Waals surface area contributed by atoms with E-state index in [1.54, 1.807) is 0 Å². The smallest absolute Gasteiger partial charge is 0.417 e. The maximum atomic E-state index is 13.9. The number of carbonyl (C=O) groups excluding carboxylic acids is 1. The summed E-state index contributed by atoms with van der Waals surface area (Å²) in [6.07, 6.45) is -3.91. The second-order valence-electron chi connectivity index (χ2n) is 5.15. The summed E-state index contributed by atoms with van der Waals surface area (Å²) in [4.78, 5) is 12.3. The Balaban J connectivity index is 2.00. The molecule has 0 aliphatic carbocycles. The van der Waals surface area contributed by atoms with E-state index in [4.69, 9.17) is 16.0 Å². The number of benzene rings is 2. The highest BCUT2D eigenvalue weighted by Gasteiger charge is 2.34. The van der Waals surface area contributed by atoms with Gasteiger partial charge in [0.2, 0.25) is 0 Å². The van der Waals surface area contributed by atoms with Crippen molar-refractivity contribution in [2.24, 2.45) is 0 Å². The first kappa shape index (κ1) is 18.7. The Morgan fingerprint density at radius 1 is 1.19 bits per heavy atom. The first-order valence-electron chi connectivity index (χ1n) is 6.82. The normalized spacial score (nSPS) is 11.8. The number of hydrogen-bond acceptors (Lipinski definition) is 2. The molecule has 2 aromatic carbocycles. The number of halogens is 7. The SMILES string of the molecule is O=C(Nc1cc(C(F)(F)F)c(Cl)cc1F)c1coc2c(F)c(Br)ccc12. The number of rotatable bonds is 2. The van der Waals surface area contributed by atoms with Crippen molar-refractivity contribution in [3.05, 3.63) is 62.8 Å². The Bertz CT molecular complexity index is 1030. The predicted molar refractivity (Wildman–Crippen MR) is 88.2 cm³/mol. The first-order valence-corrected chi connectivity index (χ1v) is 7.99. The van der Waals surface area contributed by atoms with Gasteiger partial charge in [0.1, 0.15) is 12.1 Å². The molecule has 0 bridgehead atoms. The van der Waals surface area contributed by atoms with Crippen molar-refractivity contribution in [3.63, 3.8) is 0 Å². The van der Waals surface area contributed by atoms with Crippen LogP contribution in [0.5, 0.6) is 0 Å². The minimum Gasteiger partial charge on any atom is -0.460 e. The molecule has 0 radical (unpaired) electrons. The van der Waals surface area contributed by atoms with Crippen LogP contribution in [0.2, 0.25) is 5.02 Å². The van der Waals surface area contributed by atoms with Gasteiger partial charge < -0.3 is 9.73 Å². The Morgan fingerprint density at radius 3 is 2.54 bits per heavy atom. The van der Waals surface area contributed by atoms with E-state index >= 15 is 0 Å². The molecule has 1 N–H and O–H groups in total. The zero-order valence-electron chi connectivity index (χ0n) is 12.3. The van der Waals surface area contributed by atoms with Crippen molar-refractivity contribution >= 4 is 50.1 Å². The number of furan rings is 1. The molecule has 0 saturated heterocycles. The van der Waals surface area contributed by atoms with Crippen LogP contribution in [-0.4, -0.2) is 5.91 Å². The fraction of sp³-hybridized carbons (Fsp3) is 0.0625. The maximum absolute atomic E-state index is 13.9. The largest absolute Gasteiger partial charge is 0.460 e. The van der Waals surface area contributed by atoms with Crippen LogP contribution in [0, 0.1) is 11.6 Å². The number of hydrogen-bond donors (Lipinski definition) is 1. The fourth-order valence-corrected chi connectivity index (χ4v) is 2.84. The molecule has 0 atom stereocenters. The molecule has 0 aliphatic rings. The Hall–Kier alpha value is -2.13. The number of alkyl halides is 3. The van der Waals surface area contributed by atoms with Gasteiger partial charge in [-0.2, -0.15) is 13.2 Å². The highest BCUT2D eigenvalue weighted by atomic mass is 79.9. The standard InChI is InChI=1S/C16H6BrClF5NO2/c17-9-2-1-6-7(5-26-14(6)13(9)20)15(25)24-12-3-8(16(21,22)23)10(18)4-11(12)19/h1-5H,(H,24,25). The summed E-state index contributed by atoms with van der Waals surface area (Å²) in [7, 11) is 0. The summed E-state index contributed by atoms with van der Waals surface area (Å²) in [5.74, 6) is -2.88. The topological polar surface area (TPSA) is 42.2 Å². The van der Waals surface area contributed by atoms with Gasteiger partial charge >= 0.3 is 6.18 Å². The Labute approximate surface area is 155 Å². The highest BCUT2D eigenvalue weighted by Crippen LogP contribution is 2.37. The van der Waals surface area contributed by atoms with Crippen LogP contribution in [0.3, 0.4) is 0 Å². The third kappa shape index (κ3) is 3.28. The van der Waals surface area contributed by atoms with E-state index in [0.717, 1.165) is 6.26 Å². The molecule has 3 nitrogen and oxygen atoms in total. The van der Waals surface area contributed by atoms with Gasteiger partial charge in [-0.25, -0.2) is 8.78 Å². The number of carbonyl (C=O) groups is 1. The van der Waals surface area contributed by atoms with Crippen LogP contribution in [-0.2, 0) is 6.18 Å². The molecule has 26 heavy (non-hydrogen) atoms. The molecule has 10 heteroatoms. The number of anilines is 1. The Kier molecular flexibility index (Phi) is 4.70. The maximum Gasteiger partial charge on any atom is 0.417 e. The van der Waals surface area contributed by atoms with E-state index in [1.807, 2.05) is 5.32 Å². The average Bonchev–Trinajstić information content (AvgIpc) is 2.97. The predicted octanol–water partition coefficient (Wildman–Crippen LogP) is 6.40. The molecule has 3 aromatic rings. The summed E-state index contributed by atoms with van der Waals surface area (Å²) in [5, 5.41) is 1.25. The minimum absolute atomic E-state index is 0.0774. The van der Waals surface area contributed by atoms with Gasteiger partial charge in [-0.05, 0) is 40.2 Å². The van der Waals surface area contributed by atoms with Crippen molar-refractivity contribution in [2.75, 3.05) is 5.32 Å². The van der Waals surface area contributed by atoms with Crippen LogP contribution < -0.4 is 5.32 Å². The average molecular weight is 455 g/mol. The molecule has 0 saturated carbocycles. The molecule has 0 unspecified atom stereocenters. The number of fused-ring (bicyclic) bond motifs is 1. The fourth-order valence-electron chi connectivity index (χ4n) is 2.27. The third-order valence-corrected chi connectivity index (χ3v) is 4.41.